The second-order valence-corrected chi connectivity index (χ2v) is 4.92. The zero-order valence-electron chi connectivity index (χ0n) is 10.4. The zero-order valence-corrected chi connectivity index (χ0v) is 10.4. The molecule has 0 aliphatic heterocycles. The molecule has 1 aliphatic carbocycles. The van der Waals surface area contributed by atoms with Gasteiger partial charge in [0.2, 0.25) is 0 Å². The molecular formula is C14H18FNO2. The fourth-order valence-corrected chi connectivity index (χ4v) is 2.66. The monoisotopic (exact) mass is 251 g/mol. The minimum absolute atomic E-state index is 0.168. The fraction of sp³-hybridized carbons (Fsp3) is 0.500. The number of rotatable bonds is 4. The van der Waals surface area contributed by atoms with E-state index in [1.165, 1.54) is 12.1 Å². The SMILES string of the molecule is C[C@H](NC1CCCC1c1ccc(F)cc1)C(=O)O. The Hall–Kier alpha value is -1.42. The first-order valence-electron chi connectivity index (χ1n) is 6.32. The highest BCUT2D eigenvalue weighted by Gasteiger charge is 2.30. The molecule has 2 N–H and O–H groups in total. The van der Waals surface area contributed by atoms with Crippen molar-refractivity contribution < 1.29 is 14.3 Å². The van der Waals surface area contributed by atoms with Crippen molar-refractivity contribution in [2.45, 2.75) is 44.2 Å². The maximum Gasteiger partial charge on any atom is 0.320 e. The molecule has 3 atom stereocenters. The van der Waals surface area contributed by atoms with Gasteiger partial charge in [-0.05, 0) is 43.4 Å². The van der Waals surface area contributed by atoms with Crippen LogP contribution in [0.1, 0.15) is 37.7 Å². The molecule has 1 aromatic carbocycles. The van der Waals surface area contributed by atoms with Crippen LogP contribution in [-0.2, 0) is 4.79 Å². The summed E-state index contributed by atoms with van der Waals surface area (Å²) in [7, 11) is 0. The van der Waals surface area contributed by atoms with E-state index < -0.39 is 12.0 Å². The van der Waals surface area contributed by atoms with Gasteiger partial charge in [-0.1, -0.05) is 18.6 Å². The Morgan fingerprint density at radius 3 is 2.67 bits per heavy atom. The predicted molar refractivity (Wildman–Crippen MR) is 67.0 cm³/mol. The van der Waals surface area contributed by atoms with Crippen molar-refractivity contribution in [3.05, 3.63) is 35.6 Å². The first-order valence-corrected chi connectivity index (χ1v) is 6.32. The van der Waals surface area contributed by atoms with Gasteiger partial charge in [-0.15, -0.1) is 0 Å². The Balaban J connectivity index is 2.07. The third kappa shape index (κ3) is 2.88. The van der Waals surface area contributed by atoms with E-state index in [0.717, 1.165) is 24.8 Å². The van der Waals surface area contributed by atoms with Crippen molar-refractivity contribution in [2.75, 3.05) is 0 Å². The Labute approximate surface area is 106 Å². The van der Waals surface area contributed by atoms with Gasteiger partial charge in [-0.3, -0.25) is 4.79 Å². The number of hydrogen-bond acceptors (Lipinski definition) is 2. The molecule has 0 amide bonds. The first kappa shape index (κ1) is 13.0. The molecule has 0 saturated heterocycles. The van der Waals surface area contributed by atoms with Crippen LogP contribution in [0.2, 0.25) is 0 Å². The van der Waals surface area contributed by atoms with Gasteiger partial charge < -0.3 is 10.4 Å². The van der Waals surface area contributed by atoms with Crippen LogP contribution in [0.3, 0.4) is 0 Å². The highest BCUT2D eigenvalue weighted by Crippen LogP contribution is 2.34. The molecule has 1 fully saturated rings. The molecule has 3 nitrogen and oxygen atoms in total. The Morgan fingerprint density at radius 2 is 2.06 bits per heavy atom. The molecule has 0 bridgehead atoms. The Bertz CT molecular complexity index is 418. The molecule has 0 heterocycles. The van der Waals surface area contributed by atoms with Crippen LogP contribution in [0, 0.1) is 5.82 Å². The van der Waals surface area contributed by atoms with E-state index in [-0.39, 0.29) is 17.8 Å². The number of carbonyl (C=O) groups is 1. The van der Waals surface area contributed by atoms with Gasteiger partial charge in [0.15, 0.2) is 0 Å². The van der Waals surface area contributed by atoms with Crippen LogP contribution in [0.15, 0.2) is 24.3 Å². The van der Waals surface area contributed by atoms with E-state index in [4.69, 9.17) is 5.11 Å². The van der Waals surface area contributed by atoms with Crippen LogP contribution in [0.25, 0.3) is 0 Å². The molecule has 2 rings (SSSR count). The van der Waals surface area contributed by atoms with Crippen molar-refractivity contribution in [3.63, 3.8) is 0 Å². The molecule has 0 spiro atoms. The summed E-state index contributed by atoms with van der Waals surface area (Å²) in [4.78, 5) is 10.9. The van der Waals surface area contributed by atoms with Crippen molar-refractivity contribution in [1.82, 2.24) is 5.32 Å². The minimum Gasteiger partial charge on any atom is -0.480 e. The highest BCUT2D eigenvalue weighted by molar-refractivity contribution is 5.72. The van der Waals surface area contributed by atoms with Gasteiger partial charge in [-0.2, -0.15) is 0 Å². The van der Waals surface area contributed by atoms with Gasteiger partial charge in [0.1, 0.15) is 11.9 Å². The van der Waals surface area contributed by atoms with Gasteiger partial charge >= 0.3 is 5.97 Å². The third-order valence-corrected chi connectivity index (χ3v) is 3.65. The van der Waals surface area contributed by atoms with Gasteiger partial charge in [0.25, 0.3) is 0 Å². The molecule has 2 unspecified atom stereocenters. The zero-order chi connectivity index (χ0) is 13.1. The van der Waals surface area contributed by atoms with Crippen LogP contribution in [0.4, 0.5) is 4.39 Å². The van der Waals surface area contributed by atoms with Gasteiger partial charge in [0, 0.05) is 6.04 Å². The largest absolute Gasteiger partial charge is 0.480 e. The smallest absolute Gasteiger partial charge is 0.320 e. The minimum atomic E-state index is -0.834. The van der Waals surface area contributed by atoms with Crippen molar-refractivity contribution in [1.29, 1.82) is 0 Å². The molecule has 0 radical (unpaired) electrons. The maximum atomic E-state index is 12.9. The molecule has 18 heavy (non-hydrogen) atoms. The van der Waals surface area contributed by atoms with Crippen molar-refractivity contribution >= 4 is 5.97 Å². The molecule has 1 aliphatic rings. The second-order valence-electron chi connectivity index (χ2n) is 4.92. The number of aliphatic carboxylic acids is 1. The average Bonchev–Trinajstić information content (AvgIpc) is 2.78. The number of hydrogen-bond donors (Lipinski definition) is 2. The van der Waals surface area contributed by atoms with Crippen LogP contribution in [0.5, 0.6) is 0 Å². The van der Waals surface area contributed by atoms with E-state index in [1.807, 2.05) is 0 Å². The Kier molecular flexibility index (Phi) is 3.97. The first-order chi connectivity index (χ1) is 8.58. The van der Waals surface area contributed by atoms with Crippen LogP contribution < -0.4 is 5.32 Å². The molecule has 98 valence electrons. The van der Waals surface area contributed by atoms with E-state index in [0.29, 0.717) is 0 Å². The summed E-state index contributed by atoms with van der Waals surface area (Å²) in [6.07, 6.45) is 3.07. The van der Waals surface area contributed by atoms with Crippen molar-refractivity contribution in [2.24, 2.45) is 0 Å². The summed E-state index contributed by atoms with van der Waals surface area (Å²) in [5, 5.41) is 12.1. The predicted octanol–water partition coefficient (Wildman–Crippen LogP) is 2.52. The molecule has 1 aromatic rings. The normalized spacial score (nSPS) is 25.0. The highest BCUT2D eigenvalue weighted by atomic mass is 19.1. The van der Waals surface area contributed by atoms with Crippen molar-refractivity contribution in [3.8, 4) is 0 Å². The average molecular weight is 251 g/mol. The molecule has 1 saturated carbocycles. The van der Waals surface area contributed by atoms with E-state index in [2.05, 4.69) is 5.32 Å². The van der Waals surface area contributed by atoms with E-state index in [9.17, 15) is 9.18 Å². The lowest BCUT2D eigenvalue weighted by Gasteiger charge is -2.23. The summed E-state index contributed by atoms with van der Waals surface area (Å²) in [5.74, 6) is -0.785. The van der Waals surface area contributed by atoms with Crippen LogP contribution >= 0.6 is 0 Å². The lowest BCUT2D eigenvalue weighted by molar-refractivity contribution is -0.139. The van der Waals surface area contributed by atoms with Gasteiger partial charge in [0.05, 0.1) is 0 Å². The number of benzene rings is 1. The maximum absolute atomic E-state index is 12.9. The summed E-state index contributed by atoms with van der Waals surface area (Å²) in [5.41, 5.74) is 1.09. The second kappa shape index (κ2) is 5.48. The Morgan fingerprint density at radius 1 is 1.39 bits per heavy atom. The topological polar surface area (TPSA) is 49.3 Å². The number of carboxylic acids is 1. The number of carboxylic acid groups (broad SMARTS) is 1. The molecular weight excluding hydrogens is 233 g/mol. The molecule has 0 aromatic heterocycles. The standard InChI is InChI=1S/C14H18FNO2/c1-9(14(17)18)16-13-4-2-3-12(13)10-5-7-11(15)8-6-10/h5-9,12-13,16H,2-4H2,1H3,(H,17,18)/t9-,12?,13?/m0/s1. The van der Waals surface area contributed by atoms with E-state index in [1.54, 1.807) is 19.1 Å². The molecule has 4 heteroatoms. The quantitative estimate of drug-likeness (QED) is 0.864. The number of nitrogens with one attached hydrogen (secondary N) is 1. The fourth-order valence-electron chi connectivity index (χ4n) is 2.66. The summed E-state index contributed by atoms with van der Waals surface area (Å²) in [6.45, 7) is 1.66. The number of halogens is 1. The lowest BCUT2D eigenvalue weighted by atomic mass is 9.93. The summed E-state index contributed by atoms with van der Waals surface area (Å²) in [6, 6.07) is 6.14. The third-order valence-electron chi connectivity index (χ3n) is 3.65. The lowest BCUT2D eigenvalue weighted by Crippen LogP contribution is -2.42. The summed E-state index contributed by atoms with van der Waals surface area (Å²) >= 11 is 0. The van der Waals surface area contributed by atoms with Crippen LogP contribution in [-0.4, -0.2) is 23.2 Å². The summed E-state index contributed by atoms with van der Waals surface area (Å²) < 4.78 is 12.9. The van der Waals surface area contributed by atoms with Gasteiger partial charge in [-0.25, -0.2) is 4.39 Å². The van der Waals surface area contributed by atoms with E-state index >= 15 is 0 Å².